The fraction of sp³-hybridized carbons (Fsp3) is 0.387. The van der Waals surface area contributed by atoms with Crippen LogP contribution in [0.25, 0.3) is 44.1 Å². The SMILES string of the molecule is Cc1ccc2c(ncc3[nH]c(=O)n(CC4CC(O)C4)c32)n1.Cc1ccc2c(ncc3[nH]c(=O)n(CC4CC(OS(N)(=O)=O)C4)c32)n1.O=C=NS(=O)(=O)Cl. The van der Waals surface area contributed by atoms with Gasteiger partial charge in [-0.1, -0.05) is 4.40 Å². The molecule has 53 heavy (non-hydrogen) atoms. The van der Waals surface area contributed by atoms with E-state index in [1.807, 2.05) is 38.1 Å². The molecule has 0 amide bonds. The maximum Gasteiger partial charge on any atom is 0.350 e. The summed E-state index contributed by atoms with van der Waals surface area (Å²) >= 11 is 0. The molecule has 19 nitrogen and oxygen atoms in total. The number of pyridine rings is 4. The van der Waals surface area contributed by atoms with Gasteiger partial charge >= 0.3 is 30.9 Å². The summed E-state index contributed by atoms with van der Waals surface area (Å²) in [6, 6.07) is 7.68. The molecule has 6 aromatic rings. The predicted molar refractivity (Wildman–Crippen MR) is 193 cm³/mol. The van der Waals surface area contributed by atoms with Crippen molar-refractivity contribution < 1.29 is 30.9 Å². The summed E-state index contributed by atoms with van der Waals surface area (Å²) in [5.74, 6) is 0.503. The van der Waals surface area contributed by atoms with Gasteiger partial charge < -0.3 is 15.1 Å². The molecule has 0 spiro atoms. The highest BCUT2D eigenvalue weighted by molar-refractivity contribution is 8.12. The molecule has 8 rings (SSSR count). The molecule has 2 aliphatic rings. The third-order valence-electron chi connectivity index (χ3n) is 8.90. The quantitative estimate of drug-likeness (QED) is 0.102. The number of fused-ring (bicyclic) bond motifs is 6. The van der Waals surface area contributed by atoms with Crippen LogP contribution in [0.4, 0.5) is 0 Å². The van der Waals surface area contributed by atoms with E-state index in [2.05, 4.69) is 45.0 Å². The highest BCUT2D eigenvalue weighted by Gasteiger charge is 2.34. The molecule has 0 atom stereocenters. The van der Waals surface area contributed by atoms with E-state index in [4.69, 9.17) is 14.1 Å². The van der Waals surface area contributed by atoms with Gasteiger partial charge in [0.2, 0.25) is 0 Å². The van der Waals surface area contributed by atoms with Crippen LogP contribution in [-0.2, 0) is 41.6 Å². The first-order valence-corrected chi connectivity index (χ1v) is 19.8. The number of nitrogens with one attached hydrogen (secondary N) is 2. The summed E-state index contributed by atoms with van der Waals surface area (Å²) in [4.78, 5) is 56.7. The van der Waals surface area contributed by atoms with Crippen LogP contribution >= 0.6 is 10.7 Å². The Kier molecular flexibility index (Phi) is 10.6. The molecule has 6 aromatic heterocycles. The molecule has 0 unspecified atom stereocenters. The maximum atomic E-state index is 12.3. The highest BCUT2D eigenvalue weighted by atomic mass is 35.7. The molecular weight excluding hydrogens is 756 g/mol. The highest BCUT2D eigenvalue weighted by Crippen LogP contribution is 2.33. The first-order chi connectivity index (χ1) is 25.0. The number of isocyanates is 1. The monoisotopic (exact) mass is 788 g/mol. The van der Waals surface area contributed by atoms with Crippen molar-refractivity contribution in [3.63, 3.8) is 0 Å². The minimum absolute atomic E-state index is 0.124. The summed E-state index contributed by atoms with van der Waals surface area (Å²) in [6.07, 6.45) is 6.01. The number of hydrogen-bond donors (Lipinski definition) is 4. The van der Waals surface area contributed by atoms with Crippen LogP contribution in [0.1, 0.15) is 37.1 Å². The second-order valence-electron chi connectivity index (χ2n) is 12.9. The lowest BCUT2D eigenvalue weighted by Crippen LogP contribution is -2.38. The van der Waals surface area contributed by atoms with Crippen LogP contribution in [0.5, 0.6) is 0 Å². The number of halogens is 1. The zero-order valence-corrected chi connectivity index (χ0v) is 30.5. The van der Waals surface area contributed by atoms with Crippen LogP contribution in [0.2, 0.25) is 0 Å². The van der Waals surface area contributed by atoms with Crippen molar-refractivity contribution in [2.75, 3.05) is 0 Å². The first kappa shape index (κ1) is 37.9. The van der Waals surface area contributed by atoms with Crippen molar-refractivity contribution >= 4 is 80.4 Å². The lowest BCUT2D eigenvalue weighted by Gasteiger charge is -2.33. The topological polar surface area (TPSA) is 280 Å². The number of nitrogens with zero attached hydrogens (tertiary/aromatic N) is 7. The van der Waals surface area contributed by atoms with Gasteiger partial charge in [-0.3, -0.25) is 13.3 Å². The zero-order chi connectivity index (χ0) is 38.2. The van der Waals surface area contributed by atoms with Crippen LogP contribution in [-0.4, -0.2) is 79.3 Å². The molecule has 0 bridgehead atoms. The second-order valence-corrected chi connectivity index (χ2v) is 16.3. The Hall–Kier alpha value is -4.89. The minimum atomic E-state index is -4.00. The van der Waals surface area contributed by atoms with Gasteiger partial charge in [0.25, 0.3) is 6.08 Å². The average Bonchev–Trinajstić information content (AvgIpc) is 3.53. The standard InChI is InChI=1S/C15H17N5O4S.C15H16N4O2.CClNO3S/c1-8-2-3-11-13-12(6-17-14(11)18-8)19-15(21)20(13)7-9-4-10(5-9)24-25(16,22)23;1-8-2-3-11-13-12(6-16-14(11)17-8)18-15(21)19(13)7-9-4-10(20)5-9;2-7(5,6)3-1-4/h2-3,6,9-10H,4-5,7H2,1H3,(H,19,21)(H2,16,22,23);2-3,6,9-10,20H,4-5,7H2,1H3,(H,18,21);. The fourth-order valence-corrected chi connectivity index (χ4v) is 7.21. The molecule has 0 saturated heterocycles. The third kappa shape index (κ3) is 8.84. The largest absolute Gasteiger partial charge is 0.393 e. The van der Waals surface area contributed by atoms with Crippen molar-refractivity contribution in [2.45, 2.75) is 64.8 Å². The van der Waals surface area contributed by atoms with Gasteiger partial charge in [-0.05, 0) is 75.6 Å². The number of hydrogen-bond acceptors (Lipinski definition) is 13. The molecule has 280 valence electrons. The number of rotatable bonds is 7. The number of aliphatic hydroxyl groups is 1. The Bertz CT molecular complexity index is 2750. The lowest BCUT2D eigenvalue weighted by atomic mass is 9.82. The van der Waals surface area contributed by atoms with Crippen molar-refractivity contribution in [1.82, 2.24) is 39.0 Å². The first-order valence-electron chi connectivity index (χ1n) is 16.1. The van der Waals surface area contributed by atoms with Gasteiger partial charge in [0.1, 0.15) is 0 Å². The van der Waals surface area contributed by atoms with Gasteiger partial charge in [-0.25, -0.2) is 39.5 Å². The van der Waals surface area contributed by atoms with E-state index in [1.54, 1.807) is 21.5 Å². The number of imidazole rings is 2. The van der Waals surface area contributed by atoms with E-state index in [1.165, 1.54) is 0 Å². The smallest absolute Gasteiger partial charge is 0.350 e. The van der Waals surface area contributed by atoms with E-state index < -0.39 is 25.6 Å². The number of aliphatic hydroxyl groups excluding tert-OH is 1. The Balaban J connectivity index is 0.000000156. The van der Waals surface area contributed by atoms with E-state index in [0.717, 1.165) is 57.6 Å². The van der Waals surface area contributed by atoms with Crippen molar-refractivity contribution in [2.24, 2.45) is 21.4 Å². The Morgan fingerprint density at radius 3 is 1.70 bits per heavy atom. The number of aromatic nitrogens is 8. The van der Waals surface area contributed by atoms with Gasteiger partial charge in [0.15, 0.2) is 11.3 Å². The van der Waals surface area contributed by atoms with E-state index >= 15 is 0 Å². The number of aromatic amines is 2. The van der Waals surface area contributed by atoms with Crippen LogP contribution in [0.15, 0.2) is 50.6 Å². The van der Waals surface area contributed by atoms with Crippen LogP contribution < -0.4 is 16.5 Å². The molecule has 6 heterocycles. The molecule has 2 aliphatic carbocycles. The van der Waals surface area contributed by atoms with Crippen molar-refractivity contribution in [3.05, 3.63) is 69.0 Å². The number of nitrogens with two attached hydrogens (primary N) is 1. The summed E-state index contributed by atoms with van der Waals surface area (Å²) in [5, 5.41) is 16.0. The molecule has 0 radical (unpaired) electrons. The van der Waals surface area contributed by atoms with Gasteiger partial charge in [0, 0.05) is 45.9 Å². The third-order valence-corrected chi connectivity index (χ3v) is 9.94. The Morgan fingerprint density at radius 2 is 1.32 bits per heavy atom. The maximum absolute atomic E-state index is 12.3. The van der Waals surface area contributed by atoms with Crippen molar-refractivity contribution in [3.8, 4) is 0 Å². The summed E-state index contributed by atoms with van der Waals surface area (Å²) in [6.45, 7) is 4.90. The number of carbonyl (C=O) groups excluding carboxylic acids is 1. The second kappa shape index (κ2) is 14.9. The molecular formula is C31H33ClN10O9S2. The Labute approximate surface area is 304 Å². The minimum Gasteiger partial charge on any atom is -0.393 e. The van der Waals surface area contributed by atoms with Gasteiger partial charge in [-0.2, -0.15) is 16.8 Å². The van der Waals surface area contributed by atoms with Gasteiger partial charge in [-0.15, -0.1) is 0 Å². The Morgan fingerprint density at radius 1 is 0.868 bits per heavy atom. The summed E-state index contributed by atoms with van der Waals surface area (Å²) in [7, 11) is -3.56. The van der Waals surface area contributed by atoms with E-state index in [9.17, 15) is 31.5 Å². The summed E-state index contributed by atoms with van der Waals surface area (Å²) in [5.41, 5.74) is 5.66. The zero-order valence-electron chi connectivity index (χ0n) is 28.1. The van der Waals surface area contributed by atoms with E-state index in [-0.39, 0.29) is 23.4 Å². The fourth-order valence-electron chi connectivity index (χ4n) is 6.50. The molecule has 0 aliphatic heterocycles. The molecule has 22 heteroatoms. The normalized spacial score (nSPS) is 19.8. The average molecular weight is 789 g/mol. The van der Waals surface area contributed by atoms with Crippen LogP contribution in [0, 0.1) is 25.7 Å². The number of H-pyrrole nitrogens is 2. The van der Waals surface area contributed by atoms with Gasteiger partial charge in [0.05, 0.1) is 46.7 Å². The molecule has 2 saturated carbocycles. The predicted octanol–water partition coefficient (Wildman–Crippen LogP) is 1.74. The van der Waals surface area contributed by atoms with Crippen LogP contribution in [0.3, 0.4) is 0 Å². The molecule has 0 aromatic carbocycles. The van der Waals surface area contributed by atoms with E-state index in [0.29, 0.717) is 48.7 Å². The van der Waals surface area contributed by atoms with Crippen molar-refractivity contribution in [1.29, 1.82) is 0 Å². The molecule has 5 N–H and O–H groups in total. The molecule has 2 fully saturated rings. The lowest BCUT2D eigenvalue weighted by molar-refractivity contribution is 0.0353. The number of aryl methyl sites for hydroxylation is 2. The summed E-state index contributed by atoms with van der Waals surface area (Å²) < 4.78 is 51.4.